The first kappa shape index (κ1) is 16.7. The number of hydrogen-bond donors (Lipinski definition) is 2. The van der Waals surface area contributed by atoms with E-state index in [0.717, 1.165) is 18.2 Å². The number of benzene rings is 2. The molecule has 1 atom stereocenters. The molecule has 0 unspecified atom stereocenters. The maximum absolute atomic E-state index is 15.1. The second-order valence-electron chi connectivity index (χ2n) is 5.72. The van der Waals surface area contributed by atoms with Gasteiger partial charge < -0.3 is 11.1 Å². The summed E-state index contributed by atoms with van der Waals surface area (Å²) in [6, 6.07) is 8.39. The van der Waals surface area contributed by atoms with Crippen LogP contribution in [0.3, 0.4) is 0 Å². The van der Waals surface area contributed by atoms with E-state index in [4.69, 9.17) is 18.0 Å². The summed E-state index contributed by atoms with van der Waals surface area (Å²) >= 11 is 5.06. The number of piperidine rings is 1. The highest BCUT2D eigenvalue weighted by Gasteiger charge is 2.60. The van der Waals surface area contributed by atoms with E-state index in [1.807, 2.05) is 0 Å². The Kier molecular flexibility index (Phi) is 3.99. The topological polar surface area (TPSA) is 38.0 Å². The molecule has 1 aliphatic rings. The number of hydrogen-bond acceptors (Lipinski definition) is 2. The number of halogens is 4. The van der Waals surface area contributed by atoms with E-state index >= 15 is 8.78 Å². The Hall–Kier alpha value is -2.15. The summed E-state index contributed by atoms with van der Waals surface area (Å²) in [6.07, 6.45) is -0.691. The summed E-state index contributed by atoms with van der Waals surface area (Å²) in [5.41, 5.74) is 2.50. The Bertz CT molecular complexity index is 809. The first-order valence-corrected chi connectivity index (χ1v) is 7.68. The first-order chi connectivity index (χ1) is 11.3. The second kappa shape index (κ2) is 5.73. The van der Waals surface area contributed by atoms with E-state index in [1.165, 1.54) is 24.3 Å². The number of alkyl halides is 2. The van der Waals surface area contributed by atoms with Crippen molar-refractivity contribution in [2.75, 3.05) is 5.73 Å². The third kappa shape index (κ3) is 2.43. The molecule has 1 aliphatic heterocycles. The standard InChI is InChI=1S/C17H14F4N2S/c18-13-4-2-1-3-11(13)17(12-9-10(22)5-6-14(12)19)16(20,21)8-7-15(24)23-17/h1-6,9H,7-8,22H2,(H,23,24)/t17-/m0/s1. The molecule has 126 valence electrons. The maximum atomic E-state index is 15.1. The molecule has 0 aliphatic carbocycles. The lowest BCUT2D eigenvalue weighted by Crippen LogP contribution is -2.62. The summed E-state index contributed by atoms with van der Waals surface area (Å²) in [4.78, 5) is 0.117. The first-order valence-electron chi connectivity index (χ1n) is 7.27. The lowest BCUT2D eigenvalue weighted by Gasteiger charge is -2.46. The third-order valence-corrected chi connectivity index (χ3v) is 4.52. The van der Waals surface area contributed by atoms with Gasteiger partial charge in [-0.05, 0) is 24.3 Å². The van der Waals surface area contributed by atoms with Crippen LogP contribution in [0.15, 0.2) is 42.5 Å². The molecule has 2 nitrogen and oxygen atoms in total. The van der Waals surface area contributed by atoms with Crippen molar-refractivity contribution >= 4 is 22.9 Å². The number of anilines is 1. The van der Waals surface area contributed by atoms with Crippen LogP contribution in [0.25, 0.3) is 0 Å². The quantitative estimate of drug-likeness (QED) is 0.484. The predicted molar refractivity (Wildman–Crippen MR) is 87.9 cm³/mol. The molecule has 0 radical (unpaired) electrons. The van der Waals surface area contributed by atoms with E-state index < -0.39 is 35.1 Å². The summed E-state index contributed by atoms with van der Waals surface area (Å²) in [5, 5.41) is 2.51. The van der Waals surface area contributed by atoms with Gasteiger partial charge in [-0.1, -0.05) is 30.4 Å². The van der Waals surface area contributed by atoms with Gasteiger partial charge in [0.2, 0.25) is 0 Å². The van der Waals surface area contributed by atoms with E-state index in [0.29, 0.717) is 0 Å². The van der Waals surface area contributed by atoms with Gasteiger partial charge in [0.25, 0.3) is 5.92 Å². The van der Waals surface area contributed by atoms with Crippen molar-refractivity contribution in [1.29, 1.82) is 0 Å². The van der Waals surface area contributed by atoms with Crippen molar-refractivity contribution < 1.29 is 17.6 Å². The summed E-state index contributed by atoms with van der Waals surface area (Å²) in [5.74, 6) is -5.27. The highest BCUT2D eigenvalue weighted by atomic mass is 32.1. The lowest BCUT2D eigenvalue weighted by atomic mass is 9.73. The zero-order valence-electron chi connectivity index (χ0n) is 12.5. The molecule has 0 saturated carbocycles. The van der Waals surface area contributed by atoms with Crippen molar-refractivity contribution in [3.63, 3.8) is 0 Å². The van der Waals surface area contributed by atoms with Gasteiger partial charge in [0.05, 0.1) is 4.99 Å². The third-order valence-electron chi connectivity index (χ3n) is 4.21. The average Bonchev–Trinajstić information content (AvgIpc) is 2.53. The van der Waals surface area contributed by atoms with Crippen molar-refractivity contribution in [2.24, 2.45) is 0 Å². The zero-order valence-corrected chi connectivity index (χ0v) is 13.3. The van der Waals surface area contributed by atoms with Gasteiger partial charge in [0.1, 0.15) is 11.6 Å². The highest BCUT2D eigenvalue weighted by molar-refractivity contribution is 7.80. The minimum absolute atomic E-state index is 0.0670. The van der Waals surface area contributed by atoms with Crippen LogP contribution < -0.4 is 11.1 Å². The van der Waals surface area contributed by atoms with E-state index in [-0.39, 0.29) is 22.7 Å². The molecule has 0 amide bonds. The van der Waals surface area contributed by atoms with Crippen molar-refractivity contribution in [3.05, 3.63) is 65.2 Å². The molecule has 3 N–H and O–H groups in total. The zero-order chi connectivity index (χ0) is 17.5. The number of nitrogen functional groups attached to an aromatic ring is 1. The molecule has 2 aromatic carbocycles. The van der Waals surface area contributed by atoms with Gasteiger partial charge >= 0.3 is 0 Å². The van der Waals surface area contributed by atoms with Gasteiger partial charge in [-0.3, -0.25) is 0 Å². The Morgan fingerprint density at radius 3 is 2.38 bits per heavy atom. The molecule has 0 spiro atoms. The van der Waals surface area contributed by atoms with Crippen LogP contribution in [0.1, 0.15) is 24.0 Å². The molecule has 1 fully saturated rings. The van der Waals surface area contributed by atoms with Crippen LogP contribution in [0, 0.1) is 11.6 Å². The summed E-state index contributed by atoms with van der Waals surface area (Å²) in [6.45, 7) is 0. The number of rotatable bonds is 2. The molecule has 0 aromatic heterocycles. The van der Waals surface area contributed by atoms with Crippen molar-refractivity contribution in [1.82, 2.24) is 5.32 Å². The molecule has 0 bridgehead atoms. The fraction of sp³-hybridized carbons (Fsp3) is 0.235. The fourth-order valence-electron chi connectivity index (χ4n) is 3.09. The van der Waals surface area contributed by atoms with Crippen LogP contribution in [0.5, 0.6) is 0 Å². The number of thiocarbonyl (C=S) groups is 1. The van der Waals surface area contributed by atoms with Gasteiger partial charge in [0, 0.05) is 29.7 Å². The van der Waals surface area contributed by atoms with Crippen LogP contribution in [-0.4, -0.2) is 10.9 Å². The maximum Gasteiger partial charge on any atom is 0.279 e. The average molecular weight is 354 g/mol. The lowest BCUT2D eigenvalue weighted by molar-refractivity contribution is -0.0845. The Balaban J connectivity index is 2.39. The molecule has 1 heterocycles. The Labute approximate surface area is 141 Å². The van der Waals surface area contributed by atoms with Gasteiger partial charge in [-0.2, -0.15) is 0 Å². The Morgan fingerprint density at radius 1 is 1.00 bits per heavy atom. The SMILES string of the molecule is Nc1ccc(F)c([C@]2(c3ccccc3F)NC(=S)CCC2(F)F)c1. The summed E-state index contributed by atoms with van der Waals surface area (Å²) < 4.78 is 59.1. The molecule has 24 heavy (non-hydrogen) atoms. The normalized spacial score (nSPS) is 22.9. The van der Waals surface area contributed by atoms with Gasteiger partial charge in [0.15, 0.2) is 5.54 Å². The molecule has 1 saturated heterocycles. The highest BCUT2D eigenvalue weighted by Crippen LogP contribution is 2.49. The number of nitrogens with two attached hydrogens (primary N) is 1. The molecule has 2 aromatic rings. The molecule has 7 heteroatoms. The minimum Gasteiger partial charge on any atom is -0.399 e. The predicted octanol–water partition coefficient (Wildman–Crippen LogP) is 4.14. The summed E-state index contributed by atoms with van der Waals surface area (Å²) in [7, 11) is 0. The van der Waals surface area contributed by atoms with E-state index in [1.54, 1.807) is 0 Å². The minimum atomic E-state index is -3.48. The fourth-order valence-corrected chi connectivity index (χ4v) is 3.35. The van der Waals surface area contributed by atoms with Gasteiger partial charge in [-0.25, -0.2) is 17.6 Å². The van der Waals surface area contributed by atoms with Crippen LogP contribution in [0.2, 0.25) is 0 Å². The van der Waals surface area contributed by atoms with E-state index in [9.17, 15) is 8.78 Å². The van der Waals surface area contributed by atoms with E-state index in [2.05, 4.69) is 5.32 Å². The van der Waals surface area contributed by atoms with Crippen LogP contribution >= 0.6 is 12.2 Å². The van der Waals surface area contributed by atoms with Crippen molar-refractivity contribution in [2.45, 2.75) is 24.3 Å². The van der Waals surface area contributed by atoms with Gasteiger partial charge in [-0.15, -0.1) is 0 Å². The molecule has 3 rings (SSSR count). The van der Waals surface area contributed by atoms with Crippen LogP contribution in [-0.2, 0) is 5.54 Å². The smallest absolute Gasteiger partial charge is 0.279 e. The Morgan fingerprint density at radius 2 is 1.67 bits per heavy atom. The molecular formula is C17H14F4N2S. The number of nitrogens with one attached hydrogen (secondary N) is 1. The largest absolute Gasteiger partial charge is 0.399 e. The van der Waals surface area contributed by atoms with Crippen molar-refractivity contribution in [3.8, 4) is 0 Å². The monoisotopic (exact) mass is 354 g/mol. The molecular weight excluding hydrogens is 340 g/mol. The second-order valence-corrected chi connectivity index (χ2v) is 6.21. The van der Waals surface area contributed by atoms with Crippen LogP contribution in [0.4, 0.5) is 23.2 Å².